The van der Waals surface area contributed by atoms with Crippen LogP contribution >= 0.6 is 11.8 Å². The van der Waals surface area contributed by atoms with Gasteiger partial charge in [-0.05, 0) is 27.7 Å². The number of alkyl carbamates (subject to hydrolysis) is 1. The molecule has 1 atom stereocenters. The smallest absolute Gasteiger partial charge is 0.408 e. The minimum absolute atomic E-state index is 0.0406. The van der Waals surface area contributed by atoms with Crippen LogP contribution in [-0.4, -0.2) is 53.1 Å². The molecule has 6 heteroatoms. The second-order valence-electron chi connectivity index (χ2n) is 5.31. The van der Waals surface area contributed by atoms with Crippen molar-refractivity contribution in [1.82, 2.24) is 10.2 Å². The first kappa shape index (κ1) is 15.1. The van der Waals surface area contributed by atoms with E-state index in [9.17, 15) is 9.59 Å². The summed E-state index contributed by atoms with van der Waals surface area (Å²) in [5, 5.41) is 2.57. The summed E-state index contributed by atoms with van der Waals surface area (Å²) in [6.07, 6.45) is -0.547. The Morgan fingerprint density at radius 1 is 1.28 bits per heavy atom. The average molecular weight is 274 g/mol. The Bertz CT molecular complexity index is 309. The van der Waals surface area contributed by atoms with Crippen molar-refractivity contribution >= 4 is 23.8 Å². The van der Waals surface area contributed by atoms with Crippen LogP contribution < -0.4 is 5.32 Å². The Labute approximate surface area is 113 Å². The predicted molar refractivity (Wildman–Crippen MR) is 72.7 cm³/mol. The third-order valence-corrected chi connectivity index (χ3v) is 3.37. The van der Waals surface area contributed by atoms with Crippen LogP contribution in [0.5, 0.6) is 0 Å². The highest BCUT2D eigenvalue weighted by Crippen LogP contribution is 2.11. The maximum absolute atomic E-state index is 12.0. The Balaban J connectivity index is 2.41. The fraction of sp³-hybridized carbons (Fsp3) is 0.833. The van der Waals surface area contributed by atoms with Crippen LogP contribution in [0.25, 0.3) is 0 Å². The molecule has 0 saturated carbocycles. The molecule has 18 heavy (non-hydrogen) atoms. The molecule has 2 amide bonds. The molecular formula is C12H22N2O3S. The summed E-state index contributed by atoms with van der Waals surface area (Å²) >= 11 is 1.84. The zero-order valence-electron chi connectivity index (χ0n) is 11.5. The number of hydrogen-bond acceptors (Lipinski definition) is 4. The first-order valence-corrected chi connectivity index (χ1v) is 7.31. The Kier molecular flexibility index (Phi) is 5.31. The summed E-state index contributed by atoms with van der Waals surface area (Å²) in [6, 6.07) is -0.539. The summed E-state index contributed by atoms with van der Waals surface area (Å²) in [6.45, 7) is 8.57. The Hall–Kier alpha value is -0.910. The zero-order chi connectivity index (χ0) is 13.8. The van der Waals surface area contributed by atoms with E-state index in [4.69, 9.17) is 4.74 Å². The van der Waals surface area contributed by atoms with Gasteiger partial charge in [-0.3, -0.25) is 4.79 Å². The predicted octanol–water partition coefficient (Wildman–Crippen LogP) is 1.48. The largest absolute Gasteiger partial charge is 0.444 e. The molecule has 1 N–H and O–H groups in total. The lowest BCUT2D eigenvalue weighted by Gasteiger charge is -2.29. The Morgan fingerprint density at radius 3 is 2.33 bits per heavy atom. The molecule has 0 aliphatic carbocycles. The van der Waals surface area contributed by atoms with Gasteiger partial charge in [-0.1, -0.05) is 0 Å². The molecule has 0 radical (unpaired) electrons. The number of thioether (sulfide) groups is 1. The van der Waals surface area contributed by atoms with Crippen LogP contribution in [0.2, 0.25) is 0 Å². The summed E-state index contributed by atoms with van der Waals surface area (Å²) < 4.78 is 5.12. The van der Waals surface area contributed by atoms with Crippen molar-refractivity contribution in [3.05, 3.63) is 0 Å². The number of nitrogens with one attached hydrogen (secondary N) is 1. The fourth-order valence-corrected chi connectivity index (χ4v) is 2.51. The lowest BCUT2D eigenvalue weighted by atomic mass is 10.2. The van der Waals surface area contributed by atoms with E-state index in [1.54, 1.807) is 32.6 Å². The van der Waals surface area contributed by atoms with E-state index in [2.05, 4.69) is 5.32 Å². The number of amides is 2. The van der Waals surface area contributed by atoms with Crippen molar-refractivity contribution < 1.29 is 14.3 Å². The highest BCUT2D eigenvalue weighted by molar-refractivity contribution is 7.99. The lowest BCUT2D eigenvalue weighted by Crippen LogP contribution is -2.50. The first-order chi connectivity index (χ1) is 8.29. The minimum atomic E-state index is -0.547. The molecule has 0 aromatic heterocycles. The molecule has 104 valence electrons. The van der Waals surface area contributed by atoms with Gasteiger partial charge in [0.05, 0.1) is 0 Å². The van der Waals surface area contributed by atoms with E-state index >= 15 is 0 Å². The number of carbonyl (C=O) groups is 2. The van der Waals surface area contributed by atoms with Gasteiger partial charge in [-0.2, -0.15) is 11.8 Å². The molecule has 1 saturated heterocycles. The molecule has 1 rings (SSSR count). The van der Waals surface area contributed by atoms with Crippen molar-refractivity contribution in [2.45, 2.75) is 39.3 Å². The second-order valence-corrected chi connectivity index (χ2v) is 6.53. The van der Waals surface area contributed by atoms with Gasteiger partial charge < -0.3 is 15.0 Å². The van der Waals surface area contributed by atoms with E-state index < -0.39 is 17.7 Å². The van der Waals surface area contributed by atoms with Crippen LogP contribution in [0.1, 0.15) is 27.7 Å². The van der Waals surface area contributed by atoms with Crippen LogP contribution in [0.4, 0.5) is 4.79 Å². The van der Waals surface area contributed by atoms with Gasteiger partial charge in [0.25, 0.3) is 0 Å². The van der Waals surface area contributed by atoms with Gasteiger partial charge >= 0.3 is 6.09 Å². The highest BCUT2D eigenvalue weighted by atomic mass is 32.2. The van der Waals surface area contributed by atoms with Crippen molar-refractivity contribution in [3.8, 4) is 0 Å². The fourth-order valence-electron chi connectivity index (χ4n) is 1.60. The highest BCUT2D eigenvalue weighted by Gasteiger charge is 2.25. The van der Waals surface area contributed by atoms with Gasteiger partial charge in [0, 0.05) is 24.6 Å². The van der Waals surface area contributed by atoms with Gasteiger partial charge in [-0.25, -0.2) is 4.79 Å². The SMILES string of the molecule is C[C@@H](NC(=O)OC(C)(C)C)C(=O)N1CCSCC1. The summed E-state index contributed by atoms with van der Waals surface area (Å²) in [5.41, 5.74) is -0.547. The van der Waals surface area contributed by atoms with E-state index in [1.165, 1.54) is 0 Å². The van der Waals surface area contributed by atoms with E-state index in [1.807, 2.05) is 11.8 Å². The number of rotatable bonds is 2. The molecule has 1 fully saturated rings. The number of nitrogens with zero attached hydrogens (tertiary/aromatic N) is 1. The summed E-state index contributed by atoms with van der Waals surface area (Å²) in [4.78, 5) is 25.4. The molecule has 0 spiro atoms. The van der Waals surface area contributed by atoms with Crippen molar-refractivity contribution in [2.24, 2.45) is 0 Å². The summed E-state index contributed by atoms with van der Waals surface area (Å²) in [7, 11) is 0. The van der Waals surface area contributed by atoms with Crippen LogP contribution in [0.15, 0.2) is 0 Å². The molecule has 1 heterocycles. The van der Waals surface area contributed by atoms with Crippen molar-refractivity contribution in [2.75, 3.05) is 24.6 Å². The van der Waals surface area contributed by atoms with Gasteiger partial charge in [0.15, 0.2) is 0 Å². The molecule has 5 nitrogen and oxygen atoms in total. The standard InChI is InChI=1S/C12H22N2O3S/c1-9(13-11(16)17-12(2,3)4)10(15)14-5-7-18-8-6-14/h9H,5-8H2,1-4H3,(H,13,16)/t9-/m1/s1. The van der Waals surface area contributed by atoms with Gasteiger partial charge in [0.1, 0.15) is 11.6 Å². The van der Waals surface area contributed by atoms with Crippen molar-refractivity contribution in [1.29, 1.82) is 0 Å². The van der Waals surface area contributed by atoms with Crippen LogP contribution in [-0.2, 0) is 9.53 Å². The average Bonchev–Trinajstić information content (AvgIpc) is 2.26. The monoisotopic (exact) mass is 274 g/mol. The van der Waals surface area contributed by atoms with Gasteiger partial charge in [0.2, 0.25) is 5.91 Å². The maximum atomic E-state index is 12.0. The topological polar surface area (TPSA) is 58.6 Å². The van der Waals surface area contributed by atoms with Crippen LogP contribution in [0.3, 0.4) is 0 Å². The van der Waals surface area contributed by atoms with E-state index in [0.29, 0.717) is 0 Å². The van der Waals surface area contributed by atoms with E-state index in [0.717, 1.165) is 24.6 Å². The molecule has 0 unspecified atom stereocenters. The molecule has 1 aliphatic rings. The minimum Gasteiger partial charge on any atom is -0.444 e. The third kappa shape index (κ3) is 5.16. The molecule has 0 aromatic carbocycles. The molecule has 1 aliphatic heterocycles. The van der Waals surface area contributed by atoms with E-state index in [-0.39, 0.29) is 5.91 Å². The quantitative estimate of drug-likeness (QED) is 0.828. The second kappa shape index (κ2) is 6.31. The molecular weight excluding hydrogens is 252 g/mol. The van der Waals surface area contributed by atoms with Crippen LogP contribution in [0, 0.1) is 0 Å². The molecule has 0 aromatic rings. The maximum Gasteiger partial charge on any atom is 0.408 e. The first-order valence-electron chi connectivity index (χ1n) is 6.15. The zero-order valence-corrected chi connectivity index (χ0v) is 12.3. The number of hydrogen-bond donors (Lipinski definition) is 1. The third-order valence-electron chi connectivity index (χ3n) is 2.43. The number of carbonyl (C=O) groups excluding carboxylic acids is 2. The summed E-state index contributed by atoms with van der Waals surface area (Å²) in [5.74, 6) is 1.89. The number of ether oxygens (including phenoxy) is 1. The Morgan fingerprint density at radius 2 is 1.83 bits per heavy atom. The molecule has 0 bridgehead atoms. The normalized spacial score (nSPS) is 18.1. The lowest BCUT2D eigenvalue weighted by molar-refractivity contribution is -0.132. The van der Waals surface area contributed by atoms with Crippen molar-refractivity contribution in [3.63, 3.8) is 0 Å². The van der Waals surface area contributed by atoms with Gasteiger partial charge in [-0.15, -0.1) is 0 Å².